The molecule has 0 aromatic heterocycles. The van der Waals surface area contributed by atoms with Crippen LogP contribution >= 0.6 is 0 Å². The zero-order valence-corrected chi connectivity index (χ0v) is 11.3. The number of hydrogen-bond acceptors (Lipinski definition) is 2. The molecule has 1 aliphatic heterocycles. The number of hydrogen-bond donors (Lipinski definition) is 1. The van der Waals surface area contributed by atoms with Crippen LogP contribution in [0, 0.1) is 11.8 Å². The van der Waals surface area contributed by atoms with E-state index < -0.39 is 0 Å². The largest absolute Gasteiger partial charge is 0.330 e. The van der Waals surface area contributed by atoms with E-state index in [-0.39, 0.29) is 0 Å². The van der Waals surface area contributed by atoms with Gasteiger partial charge in [0.2, 0.25) is 0 Å². The first-order chi connectivity index (χ1) is 7.72. The van der Waals surface area contributed by atoms with E-state index in [0.717, 1.165) is 18.4 Å². The molecule has 1 rings (SSSR count). The van der Waals surface area contributed by atoms with Crippen molar-refractivity contribution in [2.45, 2.75) is 52.4 Å². The molecular formula is C14H30N2. The molecule has 1 unspecified atom stereocenters. The van der Waals surface area contributed by atoms with E-state index in [0.29, 0.717) is 0 Å². The molecule has 96 valence electrons. The number of nitrogens with zero attached hydrogens (tertiary/aromatic N) is 1. The second kappa shape index (κ2) is 8.08. The minimum Gasteiger partial charge on any atom is -0.330 e. The van der Waals surface area contributed by atoms with E-state index in [1.807, 2.05) is 0 Å². The van der Waals surface area contributed by atoms with Gasteiger partial charge in [0.15, 0.2) is 0 Å². The lowest BCUT2D eigenvalue weighted by molar-refractivity contribution is 0.251. The second-order valence-electron chi connectivity index (χ2n) is 5.78. The molecule has 16 heavy (non-hydrogen) atoms. The van der Waals surface area contributed by atoms with E-state index in [4.69, 9.17) is 5.73 Å². The summed E-state index contributed by atoms with van der Waals surface area (Å²) in [5.74, 6) is 1.53. The summed E-state index contributed by atoms with van der Waals surface area (Å²) in [7, 11) is 0. The fourth-order valence-electron chi connectivity index (χ4n) is 2.72. The molecule has 1 heterocycles. The Labute approximate surface area is 102 Å². The first-order valence-corrected chi connectivity index (χ1v) is 7.14. The van der Waals surface area contributed by atoms with Gasteiger partial charge in [0.05, 0.1) is 0 Å². The highest BCUT2D eigenvalue weighted by atomic mass is 15.1. The van der Waals surface area contributed by atoms with Crippen LogP contribution in [0.3, 0.4) is 0 Å². The van der Waals surface area contributed by atoms with Gasteiger partial charge >= 0.3 is 0 Å². The third kappa shape index (κ3) is 5.86. The van der Waals surface area contributed by atoms with Crippen LogP contribution in [0.15, 0.2) is 0 Å². The van der Waals surface area contributed by atoms with Crippen LogP contribution in [0.5, 0.6) is 0 Å². The maximum absolute atomic E-state index is 5.85. The van der Waals surface area contributed by atoms with Crippen molar-refractivity contribution in [3.63, 3.8) is 0 Å². The molecule has 1 saturated heterocycles. The fraction of sp³-hybridized carbons (Fsp3) is 1.00. The Morgan fingerprint density at radius 2 is 1.69 bits per heavy atom. The molecule has 0 spiro atoms. The Balaban J connectivity index is 2.19. The van der Waals surface area contributed by atoms with Gasteiger partial charge in [-0.25, -0.2) is 0 Å². The zero-order valence-electron chi connectivity index (χ0n) is 11.3. The molecule has 0 bridgehead atoms. The van der Waals surface area contributed by atoms with Crippen molar-refractivity contribution in [1.82, 2.24) is 4.90 Å². The molecule has 1 aliphatic rings. The molecule has 0 amide bonds. The fourth-order valence-corrected chi connectivity index (χ4v) is 2.72. The summed E-state index contributed by atoms with van der Waals surface area (Å²) >= 11 is 0. The molecule has 2 nitrogen and oxygen atoms in total. The van der Waals surface area contributed by atoms with E-state index >= 15 is 0 Å². The smallest absolute Gasteiger partial charge is 0.00156 e. The molecule has 0 saturated carbocycles. The molecule has 2 N–H and O–H groups in total. The Morgan fingerprint density at radius 3 is 2.19 bits per heavy atom. The third-order valence-electron chi connectivity index (χ3n) is 3.69. The lowest BCUT2D eigenvalue weighted by atomic mass is 9.94. The Hall–Kier alpha value is -0.0800. The van der Waals surface area contributed by atoms with E-state index in [1.54, 1.807) is 0 Å². The molecule has 1 atom stereocenters. The third-order valence-corrected chi connectivity index (χ3v) is 3.69. The van der Waals surface area contributed by atoms with Crippen molar-refractivity contribution >= 4 is 0 Å². The zero-order chi connectivity index (χ0) is 11.8. The second-order valence-corrected chi connectivity index (χ2v) is 5.78. The topological polar surface area (TPSA) is 29.3 Å². The van der Waals surface area contributed by atoms with Gasteiger partial charge in [-0.2, -0.15) is 0 Å². The van der Waals surface area contributed by atoms with Crippen LogP contribution in [0.2, 0.25) is 0 Å². The SMILES string of the molecule is CC(C)CC(CN)CCN1CCCCCC1. The van der Waals surface area contributed by atoms with Crippen LogP contribution in [0.4, 0.5) is 0 Å². The summed E-state index contributed by atoms with van der Waals surface area (Å²) in [5, 5.41) is 0. The van der Waals surface area contributed by atoms with Gasteiger partial charge in [0.25, 0.3) is 0 Å². The Bertz CT molecular complexity index is 158. The maximum atomic E-state index is 5.85. The molecule has 0 radical (unpaired) electrons. The normalized spacial score (nSPS) is 21.0. The first kappa shape index (κ1) is 14.0. The predicted octanol–water partition coefficient (Wildman–Crippen LogP) is 2.87. The number of likely N-dealkylation sites (tertiary alicyclic amines) is 1. The lowest BCUT2D eigenvalue weighted by Crippen LogP contribution is -2.29. The van der Waals surface area contributed by atoms with E-state index in [1.165, 1.54) is 58.2 Å². The summed E-state index contributed by atoms with van der Waals surface area (Å²) < 4.78 is 0. The summed E-state index contributed by atoms with van der Waals surface area (Å²) in [6, 6.07) is 0. The highest BCUT2D eigenvalue weighted by molar-refractivity contribution is 4.68. The van der Waals surface area contributed by atoms with Gasteiger partial charge in [-0.3, -0.25) is 0 Å². The van der Waals surface area contributed by atoms with Crippen molar-refractivity contribution in [3.05, 3.63) is 0 Å². The maximum Gasteiger partial charge on any atom is -0.00156 e. The Kier molecular flexibility index (Phi) is 7.06. The highest BCUT2D eigenvalue weighted by Gasteiger charge is 2.13. The predicted molar refractivity (Wildman–Crippen MR) is 71.5 cm³/mol. The Morgan fingerprint density at radius 1 is 1.06 bits per heavy atom. The first-order valence-electron chi connectivity index (χ1n) is 7.14. The van der Waals surface area contributed by atoms with Crippen LogP contribution in [0.25, 0.3) is 0 Å². The molecule has 0 aromatic carbocycles. The highest BCUT2D eigenvalue weighted by Crippen LogP contribution is 2.16. The summed E-state index contributed by atoms with van der Waals surface area (Å²) in [6.07, 6.45) is 8.26. The van der Waals surface area contributed by atoms with Crippen molar-refractivity contribution in [3.8, 4) is 0 Å². The van der Waals surface area contributed by atoms with Gasteiger partial charge < -0.3 is 10.6 Å². The summed E-state index contributed by atoms with van der Waals surface area (Å²) in [4.78, 5) is 2.65. The van der Waals surface area contributed by atoms with Gasteiger partial charge in [0, 0.05) is 0 Å². The van der Waals surface area contributed by atoms with E-state index in [2.05, 4.69) is 18.7 Å². The van der Waals surface area contributed by atoms with Crippen molar-refractivity contribution in [2.75, 3.05) is 26.2 Å². The van der Waals surface area contributed by atoms with E-state index in [9.17, 15) is 0 Å². The van der Waals surface area contributed by atoms with Crippen molar-refractivity contribution in [2.24, 2.45) is 17.6 Å². The summed E-state index contributed by atoms with van der Waals surface area (Å²) in [5.41, 5.74) is 5.85. The average molecular weight is 226 g/mol. The number of rotatable bonds is 6. The lowest BCUT2D eigenvalue weighted by Gasteiger charge is -2.23. The molecule has 0 aromatic rings. The van der Waals surface area contributed by atoms with Gasteiger partial charge in [-0.15, -0.1) is 0 Å². The van der Waals surface area contributed by atoms with Crippen molar-refractivity contribution < 1.29 is 0 Å². The van der Waals surface area contributed by atoms with Crippen LogP contribution in [-0.4, -0.2) is 31.1 Å². The van der Waals surface area contributed by atoms with Crippen LogP contribution < -0.4 is 5.73 Å². The molecule has 2 heteroatoms. The van der Waals surface area contributed by atoms with Gasteiger partial charge in [0.1, 0.15) is 0 Å². The monoisotopic (exact) mass is 226 g/mol. The van der Waals surface area contributed by atoms with Gasteiger partial charge in [-0.1, -0.05) is 26.7 Å². The van der Waals surface area contributed by atoms with Crippen LogP contribution in [-0.2, 0) is 0 Å². The molecular weight excluding hydrogens is 196 g/mol. The molecule has 1 fully saturated rings. The average Bonchev–Trinajstić information content (AvgIpc) is 2.52. The van der Waals surface area contributed by atoms with Gasteiger partial charge in [-0.05, 0) is 63.7 Å². The van der Waals surface area contributed by atoms with Crippen molar-refractivity contribution in [1.29, 1.82) is 0 Å². The quantitative estimate of drug-likeness (QED) is 0.754. The molecule has 0 aliphatic carbocycles. The van der Waals surface area contributed by atoms with Crippen LogP contribution in [0.1, 0.15) is 52.4 Å². The summed E-state index contributed by atoms with van der Waals surface area (Å²) in [6.45, 7) is 9.38. The minimum atomic E-state index is 0.739. The standard InChI is InChI=1S/C14H30N2/c1-13(2)11-14(12-15)7-10-16-8-5-3-4-6-9-16/h13-14H,3-12,15H2,1-2H3. The minimum absolute atomic E-state index is 0.739. The number of nitrogens with two attached hydrogens (primary N) is 1.